The Balaban J connectivity index is 2.01. The van der Waals surface area contributed by atoms with Gasteiger partial charge in [-0.05, 0) is 18.8 Å². The smallest absolute Gasteiger partial charge is 0.0213 e. The molecule has 9 heavy (non-hydrogen) atoms. The molecule has 0 amide bonds. The van der Waals surface area contributed by atoms with Crippen LogP contribution in [0.15, 0.2) is 0 Å². The molecule has 0 aromatic rings. The first-order valence-electron chi connectivity index (χ1n) is 3.49. The van der Waals surface area contributed by atoms with E-state index >= 15 is 0 Å². The Morgan fingerprint density at radius 1 is 1.56 bits per heavy atom. The maximum absolute atomic E-state index is 5.93. The SMILES string of the molecule is NN1CCC2(N)CC2C1. The van der Waals surface area contributed by atoms with Crippen LogP contribution in [0.5, 0.6) is 0 Å². The van der Waals surface area contributed by atoms with Crippen molar-refractivity contribution in [3.8, 4) is 0 Å². The molecule has 4 N–H and O–H groups in total. The van der Waals surface area contributed by atoms with E-state index < -0.39 is 0 Å². The van der Waals surface area contributed by atoms with Crippen molar-refractivity contribution in [2.45, 2.75) is 18.4 Å². The Kier molecular flexibility index (Phi) is 0.928. The van der Waals surface area contributed by atoms with Gasteiger partial charge < -0.3 is 5.73 Å². The summed E-state index contributed by atoms with van der Waals surface area (Å²) in [4.78, 5) is 0. The first-order valence-corrected chi connectivity index (χ1v) is 3.49. The van der Waals surface area contributed by atoms with Crippen molar-refractivity contribution >= 4 is 0 Å². The molecule has 0 aromatic heterocycles. The second-order valence-corrected chi connectivity index (χ2v) is 3.38. The van der Waals surface area contributed by atoms with Crippen LogP contribution in [-0.4, -0.2) is 23.6 Å². The van der Waals surface area contributed by atoms with Crippen molar-refractivity contribution in [3.63, 3.8) is 0 Å². The lowest BCUT2D eigenvalue weighted by molar-refractivity contribution is 0.213. The zero-order valence-electron chi connectivity index (χ0n) is 5.51. The maximum Gasteiger partial charge on any atom is 0.0213 e. The summed E-state index contributed by atoms with van der Waals surface area (Å²) >= 11 is 0. The highest BCUT2D eigenvalue weighted by molar-refractivity contribution is 5.10. The third kappa shape index (κ3) is 0.764. The zero-order chi connectivity index (χ0) is 6.48. The molecule has 0 radical (unpaired) electrons. The molecule has 2 rings (SSSR count). The summed E-state index contributed by atoms with van der Waals surface area (Å²) < 4.78 is 0. The zero-order valence-corrected chi connectivity index (χ0v) is 5.51. The summed E-state index contributed by atoms with van der Waals surface area (Å²) in [5.41, 5.74) is 6.14. The number of nitrogens with zero attached hydrogens (tertiary/aromatic N) is 1. The number of rotatable bonds is 0. The minimum Gasteiger partial charge on any atom is -0.325 e. The van der Waals surface area contributed by atoms with E-state index in [0.717, 1.165) is 19.5 Å². The molecular formula is C6H13N3. The van der Waals surface area contributed by atoms with Crippen molar-refractivity contribution in [2.75, 3.05) is 13.1 Å². The fourth-order valence-corrected chi connectivity index (χ4v) is 1.68. The Morgan fingerprint density at radius 3 is 2.89 bits per heavy atom. The molecule has 52 valence electrons. The summed E-state index contributed by atoms with van der Waals surface area (Å²) in [6.07, 6.45) is 2.29. The van der Waals surface area contributed by atoms with Gasteiger partial charge in [-0.1, -0.05) is 0 Å². The Morgan fingerprint density at radius 2 is 2.33 bits per heavy atom. The van der Waals surface area contributed by atoms with Crippen LogP contribution in [-0.2, 0) is 0 Å². The molecule has 1 saturated carbocycles. The molecule has 0 spiro atoms. The van der Waals surface area contributed by atoms with E-state index in [0.29, 0.717) is 5.92 Å². The minimum absolute atomic E-state index is 0.204. The summed E-state index contributed by atoms with van der Waals surface area (Å²) in [5, 5.41) is 1.88. The van der Waals surface area contributed by atoms with Gasteiger partial charge in [0.25, 0.3) is 0 Å². The highest BCUT2D eigenvalue weighted by atomic mass is 15.4. The van der Waals surface area contributed by atoms with Crippen molar-refractivity contribution in [2.24, 2.45) is 17.5 Å². The van der Waals surface area contributed by atoms with Crippen molar-refractivity contribution < 1.29 is 0 Å². The minimum atomic E-state index is 0.204. The maximum atomic E-state index is 5.93. The predicted molar refractivity (Wildman–Crippen MR) is 35.4 cm³/mol. The number of nitrogens with two attached hydrogens (primary N) is 2. The van der Waals surface area contributed by atoms with Gasteiger partial charge in [-0.15, -0.1) is 0 Å². The van der Waals surface area contributed by atoms with Gasteiger partial charge in [0, 0.05) is 18.6 Å². The van der Waals surface area contributed by atoms with Crippen LogP contribution >= 0.6 is 0 Å². The van der Waals surface area contributed by atoms with Crippen LogP contribution in [0.2, 0.25) is 0 Å². The quantitative estimate of drug-likeness (QED) is 0.422. The number of piperidine rings is 1. The van der Waals surface area contributed by atoms with Crippen LogP contribution in [0.1, 0.15) is 12.8 Å². The lowest BCUT2D eigenvalue weighted by Gasteiger charge is -2.25. The van der Waals surface area contributed by atoms with E-state index in [1.165, 1.54) is 6.42 Å². The molecule has 3 heteroatoms. The molecule has 1 heterocycles. The van der Waals surface area contributed by atoms with Gasteiger partial charge in [0.15, 0.2) is 0 Å². The largest absolute Gasteiger partial charge is 0.325 e. The Hall–Kier alpha value is -0.120. The van der Waals surface area contributed by atoms with E-state index in [9.17, 15) is 0 Å². The Labute approximate surface area is 55.0 Å². The van der Waals surface area contributed by atoms with E-state index in [1.54, 1.807) is 0 Å². The van der Waals surface area contributed by atoms with E-state index in [2.05, 4.69) is 0 Å². The normalized spacial score (nSPS) is 50.7. The van der Waals surface area contributed by atoms with Gasteiger partial charge in [-0.3, -0.25) is 5.84 Å². The van der Waals surface area contributed by atoms with Crippen LogP contribution in [0.4, 0.5) is 0 Å². The third-order valence-electron chi connectivity index (χ3n) is 2.60. The van der Waals surface area contributed by atoms with Gasteiger partial charge in [-0.25, -0.2) is 5.01 Å². The first-order chi connectivity index (χ1) is 4.21. The number of hydrogen-bond acceptors (Lipinski definition) is 3. The number of hydrazine groups is 1. The van der Waals surface area contributed by atoms with Gasteiger partial charge >= 0.3 is 0 Å². The van der Waals surface area contributed by atoms with Gasteiger partial charge in [0.2, 0.25) is 0 Å². The molecule has 2 unspecified atom stereocenters. The second-order valence-electron chi connectivity index (χ2n) is 3.38. The van der Waals surface area contributed by atoms with Gasteiger partial charge in [-0.2, -0.15) is 0 Å². The van der Waals surface area contributed by atoms with Crippen molar-refractivity contribution in [1.29, 1.82) is 0 Å². The fourth-order valence-electron chi connectivity index (χ4n) is 1.68. The third-order valence-corrected chi connectivity index (χ3v) is 2.60. The number of fused-ring (bicyclic) bond motifs is 1. The molecule has 2 atom stereocenters. The topological polar surface area (TPSA) is 55.3 Å². The lowest BCUT2D eigenvalue weighted by Crippen LogP contribution is -2.44. The molecule has 2 aliphatic rings. The molecular weight excluding hydrogens is 114 g/mol. The highest BCUT2D eigenvalue weighted by Crippen LogP contribution is 2.46. The van der Waals surface area contributed by atoms with Crippen LogP contribution in [0, 0.1) is 5.92 Å². The monoisotopic (exact) mass is 127 g/mol. The molecule has 1 aliphatic heterocycles. The molecule has 3 nitrogen and oxygen atoms in total. The van der Waals surface area contributed by atoms with Gasteiger partial charge in [0.05, 0.1) is 0 Å². The van der Waals surface area contributed by atoms with Crippen molar-refractivity contribution in [1.82, 2.24) is 5.01 Å². The van der Waals surface area contributed by atoms with Crippen molar-refractivity contribution in [3.05, 3.63) is 0 Å². The Bertz CT molecular complexity index is 136. The van der Waals surface area contributed by atoms with Gasteiger partial charge in [0.1, 0.15) is 0 Å². The lowest BCUT2D eigenvalue weighted by atomic mass is 10.1. The molecule has 1 aliphatic carbocycles. The highest BCUT2D eigenvalue weighted by Gasteiger charge is 2.53. The summed E-state index contributed by atoms with van der Waals surface area (Å²) in [5.74, 6) is 6.29. The van der Waals surface area contributed by atoms with E-state index in [1.807, 2.05) is 5.01 Å². The standard InChI is InChI=1S/C6H13N3/c7-6-1-2-9(8)4-5(6)3-6/h5H,1-4,7-8H2. The molecule has 2 fully saturated rings. The van der Waals surface area contributed by atoms with Crippen LogP contribution in [0.25, 0.3) is 0 Å². The average Bonchev–Trinajstić information content (AvgIpc) is 2.41. The summed E-state index contributed by atoms with van der Waals surface area (Å²) in [7, 11) is 0. The van der Waals surface area contributed by atoms with E-state index in [4.69, 9.17) is 11.6 Å². The van der Waals surface area contributed by atoms with Crippen LogP contribution < -0.4 is 11.6 Å². The summed E-state index contributed by atoms with van der Waals surface area (Å²) in [6, 6.07) is 0. The second kappa shape index (κ2) is 1.48. The number of hydrogen-bond donors (Lipinski definition) is 2. The predicted octanol–water partition coefficient (Wildman–Crippen LogP) is -0.717. The molecule has 0 bridgehead atoms. The molecule has 1 saturated heterocycles. The average molecular weight is 127 g/mol. The first kappa shape index (κ1) is 5.65. The van der Waals surface area contributed by atoms with E-state index in [-0.39, 0.29) is 5.54 Å². The van der Waals surface area contributed by atoms with Crippen LogP contribution in [0.3, 0.4) is 0 Å². The summed E-state index contributed by atoms with van der Waals surface area (Å²) in [6.45, 7) is 1.99. The fraction of sp³-hybridized carbons (Fsp3) is 1.00. The molecule has 0 aromatic carbocycles.